The molecule has 0 aliphatic rings. The fourth-order valence-electron chi connectivity index (χ4n) is 1.98. The van der Waals surface area contributed by atoms with E-state index in [-0.39, 0.29) is 5.56 Å². The molecule has 0 saturated heterocycles. The first-order chi connectivity index (χ1) is 9.19. The van der Waals surface area contributed by atoms with Crippen LogP contribution in [0.2, 0.25) is 0 Å². The highest BCUT2D eigenvalue weighted by Gasteiger charge is 2.10. The Labute approximate surface area is 108 Å². The Morgan fingerprint density at radius 2 is 2.05 bits per heavy atom. The Kier molecular flexibility index (Phi) is 2.43. The van der Waals surface area contributed by atoms with Crippen LogP contribution in [0, 0.1) is 17.1 Å². The number of nitrogens with two attached hydrogens (primary N) is 1. The van der Waals surface area contributed by atoms with Gasteiger partial charge in [-0.15, -0.1) is 0 Å². The molecule has 0 saturated carbocycles. The van der Waals surface area contributed by atoms with E-state index in [1.807, 2.05) is 12.1 Å². The molecule has 0 amide bonds. The molecule has 1 heterocycles. The van der Waals surface area contributed by atoms with Gasteiger partial charge >= 0.3 is 0 Å². The van der Waals surface area contributed by atoms with Crippen molar-refractivity contribution in [3.63, 3.8) is 0 Å². The smallest absolute Gasteiger partial charge is 0.150 e. The second kappa shape index (κ2) is 4.10. The highest BCUT2D eigenvalue weighted by Crippen LogP contribution is 2.22. The van der Waals surface area contributed by atoms with Crippen molar-refractivity contribution in [2.75, 3.05) is 5.73 Å². The van der Waals surface area contributed by atoms with Crippen LogP contribution < -0.4 is 5.73 Å². The highest BCUT2D eigenvalue weighted by molar-refractivity contribution is 5.83. The van der Waals surface area contributed by atoms with Gasteiger partial charge in [0.1, 0.15) is 11.5 Å². The lowest BCUT2D eigenvalue weighted by molar-refractivity contribution is 0.612. The number of rotatable bonds is 1. The van der Waals surface area contributed by atoms with Gasteiger partial charge in [0.05, 0.1) is 23.3 Å². The largest absolute Gasteiger partial charge is 0.399 e. The predicted octanol–water partition coefficient (Wildman–Crippen LogP) is 2.62. The Bertz CT molecular complexity index is 814. The van der Waals surface area contributed by atoms with Crippen molar-refractivity contribution < 1.29 is 4.39 Å². The van der Waals surface area contributed by atoms with Gasteiger partial charge in [-0.1, -0.05) is 0 Å². The molecule has 92 valence electrons. The molecule has 3 rings (SSSR count). The summed E-state index contributed by atoms with van der Waals surface area (Å²) in [5.41, 5.74) is 7.61. The molecule has 0 aliphatic carbocycles. The van der Waals surface area contributed by atoms with Gasteiger partial charge in [0, 0.05) is 11.1 Å². The van der Waals surface area contributed by atoms with Crippen molar-refractivity contribution in [3.05, 3.63) is 54.0 Å². The van der Waals surface area contributed by atoms with Crippen LogP contribution in [0.5, 0.6) is 0 Å². The Morgan fingerprint density at radius 3 is 2.79 bits per heavy atom. The molecule has 2 N–H and O–H groups in total. The molecule has 0 bridgehead atoms. The number of aromatic nitrogens is 2. The number of fused-ring (bicyclic) bond motifs is 1. The van der Waals surface area contributed by atoms with Crippen molar-refractivity contribution in [2.24, 2.45) is 0 Å². The van der Waals surface area contributed by atoms with Crippen molar-refractivity contribution in [1.82, 2.24) is 9.78 Å². The molecule has 2 aromatic carbocycles. The Morgan fingerprint density at radius 1 is 1.21 bits per heavy atom. The minimum atomic E-state index is -0.494. The van der Waals surface area contributed by atoms with Gasteiger partial charge in [0.25, 0.3) is 0 Å². The number of nitriles is 1. The van der Waals surface area contributed by atoms with E-state index in [0.29, 0.717) is 11.4 Å². The summed E-state index contributed by atoms with van der Waals surface area (Å²) in [6.07, 6.45) is 1.65. The summed E-state index contributed by atoms with van der Waals surface area (Å²) in [5, 5.41) is 13.8. The first-order valence-corrected chi connectivity index (χ1v) is 5.62. The van der Waals surface area contributed by atoms with E-state index in [0.717, 1.165) is 10.9 Å². The third kappa shape index (κ3) is 1.79. The number of hydrogen-bond acceptors (Lipinski definition) is 3. The van der Waals surface area contributed by atoms with Gasteiger partial charge in [-0.2, -0.15) is 10.4 Å². The molecule has 0 unspecified atom stereocenters. The predicted molar refractivity (Wildman–Crippen MR) is 70.2 cm³/mol. The zero-order chi connectivity index (χ0) is 13.4. The van der Waals surface area contributed by atoms with Crippen molar-refractivity contribution in [1.29, 1.82) is 5.26 Å². The van der Waals surface area contributed by atoms with Gasteiger partial charge in [0.2, 0.25) is 0 Å². The van der Waals surface area contributed by atoms with Gasteiger partial charge in [-0.25, -0.2) is 9.07 Å². The van der Waals surface area contributed by atoms with E-state index in [1.165, 1.54) is 16.8 Å². The van der Waals surface area contributed by atoms with E-state index >= 15 is 0 Å². The molecule has 0 fully saturated rings. The monoisotopic (exact) mass is 252 g/mol. The van der Waals surface area contributed by atoms with Crippen LogP contribution in [-0.2, 0) is 0 Å². The summed E-state index contributed by atoms with van der Waals surface area (Å²) in [4.78, 5) is 0. The van der Waals surface area contributed by atoms with E-state index in [4.69, 9.17) is 11.0 Å². The molecule has 3 aromatic rings. The van der Waals surface area contributed by atoms with Crippen LogP contribution in [0.15, 0.2) is 42.6 Å². The van der Waals surface area contributed by atoms with Gasteiger partial charge in [-0.05, 0) is 36.4 Å². The maximum atomic E-state index is 14.0. The maximum absolute atomic E-state index is 14.0. The topological polar surface area (TPSA) is 67.6 Å². The number of nitrogens with zero attached hydrogens (tertiary/aromatic N) is 3. The number of anilines is 1. The van der Waals surface area contributed by atoms with Crippen molar-refractivity contribution in [2.45, 2.75) is 0 Å². The van der Waals surface area contributed by atoms with E-state index in [2.05, 4.69) is 5.10 Å². The molecule has 19 heavy (non-hydrogen) atoms. The zero-order valence-corrected chi connectivity index (χ0v) is 9.84. The minimum absolute atomic E-state index is 0.275. The average molecular weight is 252 g/mol. The van der Waals surface area contributed by atoms with E-state index < -0.39 is 5.82 Å². The Hall–Kier alpha value is -2.87. The van der Waals surface area contributed by atoms with Crippen molar-refractivity contribution in [3.8, 4) is 11.8 Å². The molecule has 0 atom stereocenters. The molecule has 4 nitrogen and oxygen atoms in total. The standard InChI is InChI=1S/C14H9FN4/c15-12-5-9(7-16)1-4-13(12)19-14-6-11(17)3-2-10(14)8-18-19/h1-6,8H,17H2. The normalized spacial score (nSPS) is 10.5. The number of halogens is 1. The lowest BCUT2D eigenvalue weighted by atomic mass is 10.2. The summed E-state index contributed by atoms with van der Waals surface area (Å²) in [6, 6.07) is 11.5. The molecule has 5 heteroatoms. The maximum Gasteiger partial charge on any atom is 0.150 e. The lowest BCUT2D eigenvalue weighted by Gasteiger charge is -2.05. The van der Waals surface area contributed by atoms with E-state index in [9.17, 15) is 4.39 Å². The fraction of sp³-hybridized carbons (Fsp3) is 0. The molecule has 0 aliphatic heterocycles. The molecular formula is C14H9FN4. The SMILES string of the molecule is N#Cc1ccc(-n2ncc3ccc(N)cc32)c(F)c1. The minimum Gasteiger partial charge on any atom is -0.399 e. The molecule has 0 spiro atoms. The average Bonchev–Trinajstić information content (AvgIpc) is 2.81. The molecule has 0 radical (unpaired) electrons. The summed E-state index contributed by atoms with van der Waals surface area (Å²) in [5.74, 6) is -0.494. The first kappa shape index (κ1) is 11.2. The van der Waals surface area contributed by atoms with Crippen LogP contribution in [0.1, 0.15) is 5.56 Å². The third-order valence-electron chi connectivity index (χ3n) is 2.90. The van der Waals surface area contributed by atoms with Crippen LogP contribution in [0.25, 0.3) is 16.6 Å². The highest BCUT2D eigenvalue weighted by atomic mass is 19.1. The Balaban J connectivity index is 2.25. The van der Waals surface area contributed by atoms with Crippen LogP contribution in [0.4, 0.5) is 10.1 Å². The summed E-state index contributed by atoms with van der Waals surface area (Å²) in [7, 11) is 0. The zero-order valence-electron chi connectivity index (χ0n) is 9.84. The van der Waals surface area contributed by atoms with Crippen LogP contribution >= 0.6 is 0 Å². The quantitative estimate of drug-likeness (QED) is 0.677. The first-order valence-electron chi connectivity index (χ1n) is 5.62. The van der Waals surface area contributed by atoms with Gasteiger partial charge in [-0.3, -0.25) is 0 Å². The fourth-order valence-corrected chi connectivity index (χ4v) is 1.98. The molecular weight excluding hydrogens is 243 g/mol. The number of nitrogen functional groups attached to an aromatic ring is 1. The number of hydrogen-bond donors (Lipinski definition) is 1. The van der Waals surface area contributed by atoms with Crippen LogP contribution in [0.3, 0.4) is 0 Å². The number of benzene rings is 2. The van der Waals surface area contributed by atoms with E-state index in [1.54, 1.807) is 24.4 Å². The van der Waals surface area contributed by atoms with Crippen LogP contribution in [-0.4, -0.2) is 9.78 Å². The summed E-state index contributed by atoms with van der Waals surface area (Å²) < 4.78 is 15.5. The second-order valence-electron chi connectivity index (χ2n) is 4.15. The second-order valence-corrected chi connectivity index (χ2v) is 4.15. The lowest BCUT2D eigenvalue weighted by Crippen LogP contribution is -2.00. The van der Waals surface area contributed by atoms with Gasteiger partial charge in [0.15, 0.2) is 0 Å². The summed E-state index contributed by atoms with van der Waals surface area (Å²) >= 11 is 0. The summed E-state index contributed by atoms with van der Waals surface area (Å²) in [6.45, 7) is 0. The third-order valence-corrected chi connectivity index (χ3v) is 2.90. The molecule has 1 aromatic heterocycles. The van der Waals surface area contributed by atoms with Gasteiger partial charge < -0.3 is 5.73 Å². The van der Waals surface area contributed by atoms with Crippen molar-refractivity contribution >= 4 is 16.6 Å².